The number of benzene rings is 1. The van der Waals surface area contributed by atoms with Gasteiger partial charge in [0, 0.05) is 81.7 Å². The highest BCUT2D eigenvalue weighted by atomic mass is 16.5. The van der Waals surface area contributed by atoms with Crippen LogP contribution in [0.1, 0.15) is 132 Å². The lowest BCUT2D eigenvalue weighted by Crippen LogP contribution is -2.51. The number of nitrogens with one attached hydrogen (secondary N) is 2. The first kappa shape index (κ1) is 45.7. The molecule has 4 aliphatic rings. The summed E-state index contributed by atoms with van der Waals surface area (Å²) in [7, 11) is 0. The molecule has 0 bridgehead atoms. The Hall–Kier alpha value is -4.85. The number of rotatable bonds is 19. The van der Waals surface area contributed by atoms with Gasteiger partial charge in [0.05, 0.1) is 24.8 Å². The maximum atomic E-state index is 15.0. The van der Waals surface area contributed by atoms with E-state index in [4.69, 9.17) is 4.74 Å². The van der Waals surface area contributed by atoms with E-state index in [1.807, 2.05) is 27.7 Å². The predicted octanol–water partition coefficient (Wildman–Crippen LogP) is 5.18. The molecule has 3 amide bonds. The molecule has 1 aromatic heterocycles. The number of amides is 3. The van der Waals surface area contributed by atoms with E-state index in [2.05, 4.69) is 20.6 Å². The molecule has 2 aliphatic carbocycles. The molecule has 61 heavy (non-hydrogen) atoms. The second-order valence-electron chi connectivity index (χ2n) is 18.7. The van der Waals surface area contributed by atoms with Gasteiger partial charge < -0.3 is 25.2 Å². The summed E-state index contributed by atoms with van der Waals surface area (Å²) in [6, 6.07) is 5.07. The van der Waals surface area contributed by atoms with E-state index in [1.165, 1.54) is 23.5 Å². The maximum Gasteiger partial charge on any atom is 0.272 e. The number of likely N-dealkylation sites (tertiary alicyclic amines) is 1. The van der Waals surface area contributed by atoms with E-state index in [0.29, 0.717) is 37.2 Å². The van der Waals surface area contributed by atoms with Crippen molar-refractivity contribution in [2.24, 2.45) is 29.1 Å². The molecule has 3 heterocycles. The highest BCUT2D eigenvalue weighted by Gasteiger charge is 2.47. The van der Waals surface area contributed by atoms with E-state index in [1.54, 1.807) is 29.2 Å². The minimum Gasteiger partial charge on any atom is -0.488 e. The number of hydrogen-bond donors (Lipinski definition) is 2. The molecule has 14 heteroatoms. The van der Waals surface area contributed by atoms with Gasteiger partial charge in [0.15, 0.2) is 17.3 Å². The Kier molecular flexibility index (Phi) is 15.6. The summed E-state index contributed by atoms with van der Waals surface area (Å²) >= 11 is 0. The average Bonchev–Trinajstić information content (AvgIpc) is 3.99. The zero-order valence-electron chi connectivity index (χ0n) is 36.4. The molecule has 2 N–H and O–H groups in total. The molecule has 0 spiro atoms. The first-order chi connectivity index (χ1) is 29.2. The third-order valence-electron chi connectivity index (χ3n) is 12.9. The van der Waals surface area contributed by atoms with Gasteiger partial charge >= 0.3 is 0 Å². The Bertz CT molecular complexity index is 1880. The minimum absolute atomic E-state index is 0.0555. The van der Waals surface area contributed by atoms with Crippen molar-refractivity contribution >= 4 is 40.9 Å². The quantitative estimate of drug-likeness (QED) is 0.178. The maximum absolute atomic E-state index is 15.0. The lowest BCUT2D eigenvalue weighted by molar-refractivity contribution is -0.147. The van der Waals surface area contributed by atoms with Gasteiger partial charge in [-0.3, -0.25) is 38.5 Å². The van der Waals surface area contributed by atoms with Crippen molar-refractivity contribution in [3.05, 3.63) is 54.1 Å². The van der Waals surface area contributed by atoms with Crippen LogP contribution < -0.4 is 15.4 Å². The number of ether oxygens (including phenoxy) is 1. The fourth-order valence-electron chi connectivity index (χ4n) is 9.17. The minimum atomic E-state index is -0.956. The van der Waals surface area contributed by atoms with Crippen LogP contribution in [0.5, 0.6) is 5.75 Å². The number of piperazine rings is 1. The smallest absolute Gasteiger partial charge is 0.272 e. The molecule has 0 unspecified atom stereocenters. The van der Waals surface area contributed by atoms with Crippen molar-refractivity contribution in [2.75, 3.05) is 32.7 Å². The van der Waals surface area contributed by atoms with Crippen LogP contribution in [0.25, 0.3) is 0 Å². The Morgan fingerprint density at radius 3 is 2.25 bits per heavy atom. The van der Waals surface area contributed by atoms with E-state index < -0.39 is 52.9 Å². The van der Waals surface area contributed by atoms with Crippen LogP contribution in [0.4, 0.5) is 0 Å². The summed E-state index contributed by atoms with van der Waals surface area (Å²) in [5.74, 6) is -3.52. The van der Waals surface area contributed by atoms with Crippen LogP contribution >= 0.6 is 0 Å². The zero-order valence-corrected chi connectivity index (χ0v) is 36.4. The van der Waals surface area contributed by atoms with Gasteiger partial charge in [-0.05, 0) is 73.6 Å². The lowest BCUT2D eigenvalue weighted by Gasteiger charge is -2.36. The predicted molar refractivity (Wildman–Crippen MR) is 228 cm³/mol. The molecule has 1 aromatic carbocycles. The SMILES string of the molecule is CCC[C@H](CC(=O)[C@@H]1C[C@@H](Oc2ccc(C(=O)N3CCNCC3)cc2)CN1C(=O)[C@@H](CC(=O)[C@@H](NC(=O)c1cnccn1)C1CCCCC1)C(C)(C)C)C(=O)C(=O)CC1CC1. The van der Waals surface area contributed by atoms with Crippen molar-refractivity contribution in [1.29, 1.82) is 0 Å². The van der Waals surface area contributed by atoms with E-state index in [9.17, 15) is 28.8 Å². The number of ketones is 4. The summed E-state index contributed by atoms with van der Waals surface area (Å²) < 4.78 is 6.43. The number of carbonyl (C=O) groups excluding carboxylic acids is 7. The second kappa shape index (κ2) is 20.8. The summed E-state index contributed by atoms with van der Waals surface area (Å²) in [6.45, 7) is 10.4. The number of Topliss-reactive ketones (excluding diaryl/α,β-unsaturated/α-hetero) is 4. The van der Waals surface area contributed by atoms with Crippen LogP contribution in [-0.2, 0) is 24.0 Å². The molecule has 2 saturated heterocycles. The number of aromatic nitrogens is 2. The van der Waals surface area contributed by atoms with E-state index in [-0.39, 0.29) is 73.1 Å². The van der Waals surface area contributed by atoms with Gasteiger partial charge in [0.25, 0.3) is 11.8 Å². The van der Waals surface area contributed by atoms with E-state index in [0.717, 1.165) is 58.0 Å². The molecule has 5 atom stereocenters. The third-order valence-corrected chi connectivity index (χ3v) is 12.9. The zero-order chi connectivity index (χ0) is 43.7. The number of nitrogens with zero attached hydrogens (tertiary/aromatic N) is 4. The standard InChI is InChI=1S/C47H64N6O8/c1-5-9-33(43(57)41(56)24-30-12-13-30)25-39(54)38-26-35(61-34-16-14-32(15-17-34)45(59)52-22-20-48-21-23-52)29-53(38)46(60)36(47(2,3)4)27-40(55)42(31-10-7-6-8-11-31)51-44(58)37-28-49-18-19-50-37/h14-19,28,30-31,33,35-36,38,42,48H,5-13,20-27,29H2,1-4H3,(H,51,58)/t33-,35-,36-,38+,42+/m1/s1. The molecule has 6 rings (SSSR count). The average molecular weight is 841 g/mol. The molecule has 2 aromatic rings. The molecule has 14 nitrogen and oxygen atoms in total. The number of hydrogen-bond acceptors (Lipinski definition) is 11. The Morgan fingerprint density at radius 1 is 0.918 bits per heavy atom. The summed E-state index contributed by atoms with van der Waals surface area (Å²) in [5, 5.41) is 6.20. The topological polar surface area (TPSA) is 185 Å². The van der Waals surface area contributed by atoms with Crippen molar-refractivity contribution in [3.63, 3.8) is 0 Å². The largest absolute Gasteiger partial charge is 0.488 e. The Morgan fingerprint density at radius 2 is 1.62 bits per heavy atom. The first-order valence-electron chi connectivity index (χ1n) is 22.5. The van der Waals surface area contributed by atoms with Crippen LogP contribution in [0.2, 0.25) is 0 Å². The Labute approximate surface area is 359 Å². The van der Waals surface area contributed by atoms with E-state index >= 15 is 4.79 Å². The Balaban J connectivity index is 1.23. The lowest BCUT2D eigenvalue weighted by atomic mass is 9.74. The molecule has 2 aliphatic heterocycles. The van der Waals surface area contributed by atoms with Gasteiger partial charge in [-0.25, -0.2) is 4.98 Å². The van der Waals surface area contributed by atoms with Gasteiger partial charge in [-0.1, -0.05) is 53.4 Å². The molecular formula is C47H64N6O8. The second-order valence-corrected chi connectivity index (χ2v) is 18.7. The first-order valence-corrected chi connectivity index (χ1v) is 22.5. The normalized spacial score (nSPS) is 21.2. The van der Waals surface area contributed by atoms with Crippen molar-refractivity contribution in [1.82, 2.24) is 30.4 Å². The highest BCUT2D eigenvalue weighted by Crippen LogP contribution is 2.37. The van der Waals surface area contributed by atoms with Crippen molar-refractivity contribution in [2.45, 2.75) is 129 Å². The van der Waals surface area contributed by atoms with Crippen molar-refractivity contribution < 1.29 is 38.3 Å². The summed E-state index contributed by atoms with van der Waals surface area (Å²) in [5.41, 5.74) is -0.0990. The molecule has 0 radical (unpaired) electrons. The summed E-state index contributed by atoms with van der Waals surface area (Å²) in [6.07, 6.45) is 10.9. The monoisotopic (exact) mass is 840 g/mol. The van der Waals surface area contributed by atoms with Crippen LogP contribution in [-0.4, -0.2) is 112 Å². The molecule has 2 saturated carbocycles. The van der Waals surface area contributed by atoms with Crippen molar-refractivity contribution in [3.8, 4) is 5.75 Å². The van der Waals surface area contributed by atoms with Crippen LogP contribution in [0, 0.1) is 29.1 Å². The third kappa shape index (κ3) is 12.2. The molecule has 330 valence electrons. The number of carbonyl (C=O) groups is 7. The summed E-state index contributed by atoms with van der Waals surface area (Å²) in [4.78, 5) is 108. The van der Waals surface area contributed by atoms with Gasteiger partial charge in [0.1, 0.15) is 17.5 Å². The highest BCUT2D eigenvalue weighted by molar-refractivity contribution is 6.38. The van der Waals surface area contributed by atoms with Gasteiger partial charge in [-0.15, -0.1) is 0 Å². The fraction of sp³-hybridized carbons (Fsp3) is 0.638. The molecular weight excluding hydrogens is 777 g/mol. The fourth-order valence-corrected chi connectivity index (χ4v) is 9.17. The van der Waals surface area contributed by atoms with Crippen LogP contribution in [0.15, 0.2) is 42.9 Å². The van der Waals surface area contributed by atoms with Gasteiger partial charge in [0.2, 0.25) is 11.7 Å². The molecule has 4 fully saturated rings. The van der Waals surface area contributed by atoms with Gasteiger partial charge in [-0.2, -0.15) is 0 Å². The van der Waals surface area contributed by atoms with Crippen LogP contribution in [0.3, 0.4) is 0 Å².